The number of piperazine rings is 1. The van der Waals surface area contributed by atoms with Crippen molar-refractivity contribution in [3.05, 3.63) is 47.3 Å². The SMILES string of the molecule is N#Cc1cccc(NC(=O)C[NH+]2CCN(S(=O)(=O)c3cccs3)CC2)c1. The second-order valence-corrected chi connectivity index (χ2v) is 9.12. The number of carbonyl (C=O) groups excluding carboxylic acids is 1. The van der Waals surface area contributed by atoms with E-state index in [0.717, 1.165) is 4.90 Å². The molecule has 7 nitrogen and oxygen atoms in total. The standard InChI is InChI=1S/C17H18N4O3S2/c18-12-14-3-1-4-15(11-14)19-16(22)13-20-6-8-21(9-7-20)26(23,24)17-5-2-10-25-17/h1-5,10-11H,6-9,13H2,(H,19,22)/p+1. The van der Waals surface area contributed by atoms with Gasteiger partial charge in [-0.3, -0.25) is 4.79 Å². The number of anilines is 1. The maximum atomic E-state index is 12.5. The summed E-state index contributed by atoms with van der Waals surface area (Å²) in [5.74, 6) is -0.148. The van der Waals surface area contributed by atoms with Crippen molar-refractivity contribution in [1.29, 1.82) is 5.26 Å². The van der Waals surface area contributed by atoms with Crippen LogP contribution in [-0.4, -0.2) is 51.4 Å². The fourth-order valence-electron chi connectivity index (χ4n) is 2.86. The number of rotatable bonds is 5. The maximum Gasteiger partial charge on any atom is 0.279 e. The van der Waals surface area contributed by atoms with Gasteiger partial charge in [-0.1, -0.05) is 12.1 Å². The molecule has 0 saturated carbocycles. The zero-order valence-electron chi connectivity index (χ0n) is 14.0. The van der Waals surface area contributed by atoms with Crippen LogP contribution in [0.2, 0.25) is 0 Å². The number of nitrogens with one attached hydrogen (secondary N) is 2. The Kier molecular flexibility index (Phi) is 5.68. The summed E-state index contributed by atoms with van der Waals surface area (Å²) in [5, 5.41) is 13.4. The van der Waals surface area contributed by atoms with Crippen molar-refractivity contribution in [3.8, 4) is 6.07 Å². The highest BCUT2D eigenvalue weighted by atomic mass is 32.2. The molecule has 0 atom stereocenters. The van der Waals surface area contributed by atoms with Crippen LogP contribution in [-0.2, 0) is 14.8 Å². The summed E-state index contributed by atoms with van der Waals surface area (Å²) in [6, 6.07) is 12.1. The lowest BCUT2D eigenvalue weighted by Crippen LogP contribution is -3.15. The first-order valence-corrected chi connectivity index (χ1v) is 10.5. The van der Waals surface area contributed by atoms with Crippen molar-refractivity contribution in [2.45, 2.75) is 4.21 Å². The Bertz CT molecular complexity index is 912. The summed E-state index contributed by atoms with van der Waals surface area (Å²) in [6.45, 7) is 2.22. The fourth-order valence-corrected chi connectivity index (χ4v) is 5.44. The Morgan fingerprint density at radius 2 is 2.04 bits per heavy atom. The Morgan fingerprint density at radius 1 is 1.27 bits per heavy atom. The van der Waals surface area contributed by atoms with Crippen LogP contribution in [0.1, 0.15) is 5.56 Å². The topological polar surface area (TPSA) is 94.7 Å². The molecule has 1 aromatic heterocycles. The third-order valence-electron chi connectivity index (χ3n) is 4.20. The first kappa shape index (κ1) is 18.5. The summed E-state index contributed by atoms with van der Waals surface area (Å²) in [7, 11) is -3.42. The summed E-state index contributed by atoms with van der Waals surface area (Å²) in [6.07, 6.45) is 0. The zero-order valence-corrected chi connectivity index (χ0v) is 15.6. The van der Waals surface area contributed by atoms with E-state index in [1.165, 1.54) is 15.6 Å². The average Bonchev–Trinajstić information content (AvgIpc) is 3.18. The Morgan fingerprint density at radius 3 is 2.69 bits per heavy atom. The lowest BCUT2D eigenvalue weighted by Gasteiger charge is -2.30. The maximum absolute atomic E-state index is 12.5. The van der Waals surface area contributed by atoms with Gasteiger partial charge >= 0.3 is 0 Å². The summed E-state index contributed by atoms with van der Waals surface area (Å²) < 4.78 is 26.8. The average molecular weight is 391 g/mol. The highest BCUT2D eigenvalue weighted by Crippen LogP contribution is 2.20. The van der Waals surface area contributed by atoms with E-state index in [0.29, 0.717) is 41.6 Å². The molecule has 26 heavy (non-hydrogen) atoms. The van der Waals surface area contributed by atoms with E-state index in [4.69, 9.17) is 5.26 Å². The third kappa shape index (κ3) is 4.28. The second kappa shape index (κ2) is 7.97. The van der Waals surface area contributed by atoms with Crippen molar-refractivity contribution in [3.63, 3.8) is 0 Å². The van der Waals surface area contributed by atoms with Gasteiger partial charge in [0, 0.05) is 5.69 Å². The van der Waals surface area contributed by atoms with Gasteiger partial charge in [0.05, 0.1) is 37.8 Å². The van der Waals surface area contributed by atoms with Gasteiger partial charge in [-0.2, -0.15) is 9.57 Å². The van der Waals surface area contributed by atoms with Crippen LogP contribution in [0.4, 0.5) is 5.69 Å². The van der Waals surface area contributed by atoms with Gasteiger partial charge < -0.3 is 10.2 Å². The molecular weight excluding hydrogens is 372 g/mol. The molecule has 1 aliphatic heterocycles. The molecule has 0 spiro atoms. The van der Waals surface area contributed by atoms with E-state index in [9.17, 15) is 13.2 Å². The summed E-state index contributed by atoms with van der Waals surface area (Å²) in [5.41, 5.74) is 1.08. The smallest absolute Gasteiger partial charge is 0.279 e. The van der Waals surface area contributed by atoms with Gasteiger partial charge in [-0.05, 0) is 29.6 Å². The van der Waals surface area contributed by atoms with Crippen LogP contribution in [0, 0.1) is 11.3 Å². The molecule has 1 aromatic carbocycles. The van der Waals surface area contributed by atoms with E-state index in [1.807, 2.05) is 6.07 Å². The van der Waals surface area contributed by atoms with Crippen LogP contribution in [0.3, 0.4) is 0 Å². The van der Waals surface area contributed by atoms with Crippen molar-refractivity contribution >= 4 is 33.0 Å². The van der Waals surface area contributed by atoms with Gasteiger partial charge in [0.15, 0.2) is 6.54 Å². The van der Waals surface area contributed by atoms with Gasteiger partial charge in [0.25, 0.3) is 15.9 Å². The number of quaternary nitrogens is 1. The molecule has 2 heterocycles. The second-order valence-electron chi connectivity index (χ2n) is 6.00. The van der Waals surface area contributed by atoms with Crippen molar-refractivity contribution in [2.75, 3.05) is 38.0 Å². The molecule has 9 heteroatoms. The van der Waals surface area contributed by atoms with Gasteiger partial charge in [0.2, 0.25) is 0 Å². The monoisotopic (exact) mass is 391 g/mol. The number of amides is 1. The molecule has 1 amide bonds. The molecule has 2 aromatic rings. The normalized spacial score (nSPS) is 16.1. The predicted molar refractivity (Wildman–Crippen MR) is 98.4 cm³/mol. The van der Waals surface area contributed by atoms with E-state index < -0.39 is 10.0 Å². The van der Waals surface area contributed by atoms with Gasteiger partial charge in [-0.25, -0.2) is 8.42 Å². The van der Waals surface area contributed by atoms with Crippen molar-refractivity contribution in [2.24, 2.45) is 0 Å². The van der Waals surface area contributed by atoms with E-state index in [2.05, 4.69) is 5.32 Å². The van der Waals surface area contributed by atoms with Crippen LogP contribution >= 0.6 is 11.3 Å². The van der Waals surface area contributed by atoms with E-state index in [-0.39, 0.29) is 12.5 Å². The number of sulfonamides is 1. The minimum Gasteiger partial charge on any atom is -0.325 e. The largest absolute Gasteiger partial charge is 0.325 e. The minimum absolute atomic E-state index is 0.148. The molecule has 0 radical (unpaired) electrons. The van der Waals surface area contributed by atoms with Gasteiger partial charge in [0.1, 0.15) is 4.21 Å². The number of hydrogen-bond donors (Lipinski definition) is 2. The fraction of sp³-hybridized carbons (Fsp3) is 0.294. The highest BCUT2D eigenvalue weighted by molar-refractivity contribution is 7.91. The lowest BCUT2D eigenvalue weighted by molar-refractivity contribution is -0.895. The van der Waals surface area contributed by atoms with Crippen LogP contribution in [0.15, 0.2) is 46.0 Å². The molecule has 0 aliphatic carbocycles. The quantitative estimate of drug-likeness (QED) is 0.758. The highest BCUT2D eigenvalue weighted by Gasteiger charge is 2.31. The molecule has 0 unspecified atom stereocenters. The summed E-state index contributed by atoms with van der Waals surface area (Å²) in [4.78, 5) is 13.2. The molecule has 2 N–H and O–H groups in total. The van der Waals surface area contributed by atoms with Crippen LogP contribution in [0.5, 0.6) is 0 Å². The molecule has 1 fully saturated rings. The van der Waals surface area contributed by atoms with Crippen molar-refractivity contribution < 1.29 is 18.1 Å². The van der Waals surface area contributed by atoms with Crippen LogP contribution < -0.4 is 10.2 Å². The first-order valence-electron chi connectivity index (χ1n) is 8.16. The molecule has 3 rings (SSSR count). The zero-order chi connectivity index (χ0) is 18.6. The Labute approximate surface area is 156 Å². The summed E-state index contributed by atoms with van der Waals surface area (Å²) >= 11 is 1.22. The first-order chi connectivity index (χ1) is 12.5. The molecule has 1 saturated heterocycles. The molecule has 136 valence electrons. The Balaban J connectivity index is 1.52. The van der Waals surface area contributed by atoms with Gasteiger partial charge in [-0.15, -0.1) is 11.3 Å². The number of hydrogen-bond acceptors (Lipinski definition) is 5. The number of carbonyl (C=O) groups is 1. The third-order valence-corrected chi connectivity index (χ3v) is 7.48. The minimum atomic E-state index is -3.42. The molecule has 0 bridgehead atoms. The number of benzene rings is 1. The van der Waals surface area contributed by atoms with E-state index >= 15 is 0 Å². The number of thiophene rings is 1. The predicted octanol–water partition coefficient (Wildman–Crippen LogP) is 0.148. The van der Waals surface area contributed by atoms with E-state index in [1.54, 1.807) is 41.8 Å². The van der Waals surface area contributed by atoms with Crippen LogP contribution in [0.25, 0.3) is 0 Å². The molecule has 1 aliphatic rings. The molecular formula is C17H19N4O3S2+. The lowest BCUT2D eigenvalue weighted by atomic mass is 10.2. The number of nitrogens with zero attached hydrogens (tertiary/aromatic N) is 2. The van der Waals surface area contributed by atoms with Crippen molar-refractivity contribution in [1.82, 2.24) is 4.31 Å². The number of nitriles is 1. The Hall–Kier alpha value is -2.25.